The van der Waals surface area contributed by atoms with Crippen molar-refractivity contribution in [3.63, 3.8) is 0 Å². The summed E-state index contributed by atoms with van der Waals surface area (Å²) in [6.07, 6.45) is 0. The number of amides is 1. The molecule has 5 heteroatoms. The number of nitrogens with zero attached hydrogens (tertiary/aromatic N) is 1. The molecule has 1 N–H and O–H groups in total. The Hall–Kier alpha value is -1.20. The molecule has 0 radical (unpaired) electrons. The number of benzene rings is 1. The number of aryl methyl sites for hydroxylation is 2. The standard InChI is InChI=1S/C12H11BrN2OS/c1-7-3-4-10(9(13)5-7)15-12(16)11-6-17-8(2)14-11/h3-6H,1-2H3,(H,15,16). The Labute approximate surface area is 112 Å². The molecule has 1 heterocycles. The second-order valence-electron chi connectivity index (χ2n) is 3.69. The minimum Gasteiger partial charge on any atom is -0.320 e. The highest BCUT2D eigenvalue weighted by Gasteiger charge is 2.11. The lowest BCUT2D eigenvalue weighted by molar-refractivity contribution is 0.102. The first-order valence-corrected chi connectivity index (χ1v) is 6.73. The molecular formula is C12H11BrN2OS. The van der Waals surface area contributed by atoms with Gasteiger partial charge in [0.15, 0.2) is 0 Å². The van der Waals surface area contributed by atoms with E-state index >= 15 is 0 Å². The summed E-state index contributed by atoms with van der Waals surface area (Å²) in [6.45, 7) is 3.88. The van der Waals surface area contributed by atoms with E-state index < -0.39 is 0 Å². The Kier molecular flexibility index (Phi) is 3.59. The van der Waals surface area contributed by atoms with Gasteiger partial charge in [-0.05, 0) is 47.5 Å². The van der Waals surface area contributed by atoms with Crippen LogP contribution in [-0.2, 0) is 0 Å². The van der Waals surface area contributed by atoms with Crippen LogP contribution >= 0.6 is 27.3 Å². The average Bonchev–Trinajstić information content (AvgIpc) is 2.69. The Morgan fingerprint density at radius 2 is 2.18 bits per heavy atom. The molecule has 0 aliphatic rings. The number of aromatic nitrogens is 1. The van der Waals surface area contributed by atoms with Crippen molar-refractivity contribution in [2.24, 2.45) is 0 Å². The Balaban J connectivity index is 2.18. The van der Waals surface area contributed by atoms with Crippen LogP contribution in [0.5, 0.6) is 0 Å². The molecule has 0 aliphatic carbocycles. The highest BCUT2D eigenvalue weighted by atomic mass is 79.9. The van der Waals surface area contributed by atoms with Gasteiger partial charge in [-0.2, -0.15) is 0 Å². The highest BCUT2D eigenvalue weighted by Crippen LogP contribution is 2.24. The molecule has 17 heavy (non-hydrogen) atoms. The van der Waals surface area contributed by atoms with Gasteiger partial charge >= 0.3 is 0 Å². The summed E-state index contributed by atoms with van der Waals surface area (Å²) >= 11 is 4.89. The van der Waals surface area contributed by atoms with Gasteiger partial charge in [0.05, 0.1) is 10.7 Å². The van der Waals surface area contributed by atoms with E-state index in [-0.39, 0.29) is 5.91 Å². The zero-order valence-electron chi connectivity index (χ0n) is 9.45. The molecule has 0 spiro atoms. The first-order chi connectivity index (χ1) is 8.06. The molecule has 2 rings (SSSR count). The number of rotatable bonds is 2. The van der Waals surface area contributed by atoms with Gasteiger partial charge in [-0.15, -0.1) is 11.3 Å². The van der Waals surface area contributed by atoms with E-state index in [0.29, 0.717) is 5.69 Å². The fourth-order valence-electron chi connectivity index (χ4n) is 1.38. The van der Waals surface area contributed by atoms with Gasteiger partial charge in [-0.3, -0.25) is 4.79 Å². The largest absolute Gasteiger partial charge is 0.320 e. The number of carbonyl (C=O) groups is 1. The summed E-state index contributed by atoms with van der Waals surface area (Å²) in [4.78, 5) is 16.0. The van der Waals surface area contributed by atoms with Gasteiger partial charge in [0.2, 0.25) is 0 Å². The molecule has 0 aliphatic heterocycles. The second kappa shape index (κ2) is 4.98. The van der Waals surface area contributed by atoms with Crippen molar-refractivity contribution in [2.45, 2.75) is 13.8 Å². The number of thiazole rings is 1. The SMILES string of the molecule is Cc1ccc(NC(=O)c2csc(C)n2)c(Br)c1. The number of halogens is 1. The number of hydrogen-bond donors (Lipinski definition) is 1. The molecular weight excluding hydrogens is 300 g/mol. The second-order valence-corrected chi connectivity index (χ2v) is 5.61. The lowest BCUT2D eigenvalue weighted by atomic mass is 10.2. The van der Waals surface area contributed by atoms with Crippen LogP contribution in [0, 0.1) is 13.8 Å². The van der Waals surface area contributed by atoms with E-state index in [4.69, 9.17) is 0 Å². The van der Waals surface area contributed by atoms with Gasteiger partial charge in [0.25, 0.3) is 5.91 Å². The predicted molar refractivity (Wildman–Crippen MR) is 73.7 cm³/mol. The van der Waals surface area contributed by atoms with Crippen LogP contribution < -0.4 is 5.32 Å². The van der Waals surface area contributed by atoms with Crippen LogP contribution in [0.3, 0.4) is 0 Å². The normalized spacial score (nSPS) is 10.3. The van der Waals surface area contributed by atoms with Crippen molar-refractivity contribution in [2.75, 3.05) is 5.32 Å². The summed E-state index contributed by atoms with van der Waals surface area (Å²) in [5.41, 5.74) is 2.35. The van der Waals surface area contributed by atoms with Crippen molar-refractivity contribution in [1.82, 2.24) is 4.98 Å². The van der Waals surface area contributed by atoms with Crippen LogP contribution in [0.25, 0.3) is 0 Å². The van der Waals surface area contributed by atoms with Crippen molar-refractivity contribution in [3.05, 3.63) is 44.3 Å². The monoisotopic (exact) mass is 310 g/mol. The van der Waals surface area contributed by atoms with Crippen LogP contribution in [0.2, 0.25) is 0 Å². The first-order valence-electron chi connectivity index (χ1n) is 5.06. The summed E-state index contributed by atoms with van der Waals surface area (Å²) in [7, 11) is 0. The minimum absolute atomic E-state index is 0.182. The molecule has 0 fully saturated rings. The lowest BCUT2D eigenvalue weighted by Gasteiger charge is -2.06. The topological polar surface area (TPSA) is 42.0 Å². The number of nitrogens with one attached hydrogen (secondary N) is 1. The van der Waals surface area contributed by atoms with Crippen molar-refractivity contribution < 1.29 is 4.79 Å². The quantitative estimate of drug-likeness (QED) is 0.917. The third-order valence-electron chi connectivity index (χ3n) is 2.22. The molecule has 3 nitrogen and oxygen atoms in total. The predicted octanol–water partition coefficient (Wildman–Crippen LogP) is 3.77. The molecule has 0 saturated heterocycles. The van der Waals surface area contributed by atoms with Crippen LogP contribution in [0.15, 0.2) is 28.1 Å². The van der Waals surface area contributed by atoms with E-state index in [9.17, 15) is 4.79 Å². The zero-order valence-corrected chi connectivity index (χ0v) is 11.9. The summed E-state index contributed by atoms with van der Waals surface area (Å²) in [5, 5.41) is 5.47. The van der Waals surface area contributed by atoms with Crippen LogP contribution in [0.1, 0.15) is 21.1 Å². The molecule has 0 atom stereocenters. The molecule has 1 amide bonds. The van der Waals surface area contributed by atoms with E-state index in [1.807, 2.05) is 32.0 Å². The highest BCUT2D eigenvalue weighted by molar-refractivity contribution is 9.10. The third-order valence-corrected chi connectivity index (χ3v) is 3.65. The van der Waals surface area contributed by atoms with Crippen LogP contribution in [0.4, 0.5) is 5.69 Å². The summed E-state index contributed by atoms with van der Waals surface area (Å²) in [6, 6.07) is 5.78. The van der Waals surface area contributed by atoms with E-state index in [0.717, 1.165) is 20.7 Å². The average molecular weight is 311 g/mol. The van der Waals surface area contributed by atoms with Gasteiger partial charge in [-0.25, -0.2) is 4.98 Å². The van der Waals surface area contributed by atoms with Gasteiger partial charge in [-0.1, -0.05) is 6.07 Å². The third kappa shape index (κ3) is 2.92. The number of carbonyl (C=O) groups excluding carboxylic acids is 1. The molecule has 0 unspecified atom stereocenters. The molecule has 88 valence electrons. The zero-order chi connectivity index (χ0) is 12.4. The molecule has 1 aromatic carbocycles. The Morgan fingerprint density at radius 1 is 1.41 bits per heavy atom. The van der Waals surface area contributed by atoms with E-state index in [2.05, 4.69) is 26.2 Å². The maximum atomic E-state index is 11.9. The number of hydrogen-bond acceptors (Lipinski definition) is 3. The Morgan fingerprint density at radius 3 is 2.76 bits per heavy atom. The molecule has 2 aromatic rings. The fraction of sp³-hybridized carbons (Fsp3) is 0.167. The molecule has 0 bridgehead atoms. The fourth-order valence-corrected chi connectivity index (χ4v) is 2.56. The van der Waals surface area contributed by atoms with Crippen molar-refractivity contribution in [3.8, 4) is 0 Å². The van der Waals surface area contributed by atoms with Crippen molar-refractivity contribution in [1.29, 1.82) is 0 Å². The molecule has 1 aromatic heterocycles. The van der Waals surface area contributed by atoms with Crippen LogP contribution in [-0.4, -0.2) is 10.9 Å². The maximum Gasteiger partial charge on any atom is 0.275 e. The Bertz CT molecular complexity index is 565. The first kappa shape index (κ1) is 12.3. The molecule has 0 saturated carbocycles. The van der Waals surface area contributed by atoms with Crippen molar-refractivity contribution >= 4 is 38.9 Å². The van der Waals surface area contributed by atoms with Gasteiger partial charge in [0.1, 0.15) is 5.69 Å². The van der Waals surface area contributed by atoms with E-state index in [1.165, 1.54) is 11.3 Å². The van der Waals surface area contributed by atoms with E-state index in [1.54, 1.807) is 5.38 Å². The minimum atomic E-state index is -0.182. The number of anilines is 1. The summed E-state index contributed by atoms with van der Waals surface area (Å²) in [5.74, 6) is -0.182. The van der Waals surface area contributed by atoms with Gasteiger partial charge in [0, 0.05) is 9.85 Å². The maximum absolute atomic E-state index is 11.9. The summed E-state index contributed by atoms with van der Waals surface area (Å²) < 4.78 is 0.873. The smallest absolute Gasteiger partial charge is 0.275 e. The van der Waals surface area contributed by atoms with Gasteiger partial charge < -0.3 is 5.32 Å². The lowest BCUT2D eigenvalue weighted by Crippen LogP contribution is -2.12.